The van der Waals surface area contributed by atoms with Gasteiger partial charge in [-0.2, -0.15) is 0 Å². The summed E-state index contributed by atoms with van der Waals surface area (Å²) in [5, 5.41) is 9.58. The summed E-state index contributed by atoms with van der Waals surface area (Å²) in [7, 11) is 0. The molecular formula is C16H14O2. The first-order valence-electron chi connectivity index (χ1n) is 5.74. The van der Waals surface area contributed by atoms with Crippen molar-refractivity contribution in [3.63, 3.8) is 0 Å². The van der Waals surface area contributed by atoms with Gasteiger partial charge in [0.2, 0.25) is 0 Å². The summed E-state index contributed by atoms with van der Waals surface area (Å²) in [4.78, 5) is 11.9. The summed E-state index contributed by atoms with van der Waals surface area (Å²) in [6.45, 7) is 1.95. The highest BCUT2D eigenvalue weighted by Gasteiger charge is 2.02. The number of hydrogen-bond acceptors (Lipinski definition) is 2. The Hall–Kier alpha value is -2.35. The van der Waals surface area contributed by atoms with E-state index in [4.69, 9.17) is 0 Å². The van der Waals surface area contributed by atoms with E-state index in [1.165, 1.54) is 6.08 Å². The van der Waals surface area contributed by atoms with Crippen molar-refractivity contribution in [3.05, 3.63) is 71.3 Å². The summed E-state index contributed by atoms with van der Waals surface area (Å²) >= 11 is 0. The Kier molecular flexibility index (Phi) is 3.58. The molecule has 0 spiro atoms. The van der Waals surface area contributed by atoms with E-state index in [0.717, 1.165) is 5.56 Å². The fourth-order valence-corrected chi connectivity index (χ4v) is 1.69. The molecule has 0 aliphatic carbocycles. The summed E-state index contributed by atoms with van der Waals surface area (Å²) in [5.74, 6) is 0.104. The smallest absolute Gasteiger partial charge is 0.185 e. The zero-order valence-corrected chi connectivity index (χ0v) is 10.1. The number of aromatic hydroxyl groups is 1. The van der Waals surface area contributed by atoms with Crippen LogP contribution in [0.2, 0.25) is 0 Å². The Morgan fingerprint density at radius 3 is 2.61 bits per heavy atom. The number of hydrogen-bond donors (Lipinski definition) is 1. The van der Waals surface area contributed by atoms with Gasteiger partial charge in [-0.3, -0.25) is 4.79 Å². The predicted molar refractivity (Wildman–Crippen MR) is 72.7 cm³/mol. The van der Waals surface area contributed by atoms with Crippen LogP contribution in [0.4, 0.5) is 0 Å². The maximum absolute atomic E-state index is 11.9. The normalized spacial score (nSPS) is 10.7. The van der Waals surface area contributed by atoms with Crippen LogP contribution >= 0.6 is 0 Å². The highest BCUT2D eigenvalue weighted by Crippen LogP contribution is 2.17. The third-order valence-corrected chi connectivity index (χ3v) is 2.65. The van der Waals surface area contributed by atoms with Crippen molar-refractivity contribution in [1.29, 1.82) is 0 Å². The molecule has 90 valence electrons. The van der Waals surface area contributed by atoms with Crippen molar-refractivity contribution in [1.82, 2.24) is 0 Å². The van der Waals surface area contributed by atoms with E-state index in [1.54, 1.807) is 30.3 Å². The van der Waals surface area contributed by atoms with Gasteiger partial charge in [0.05, 0.1) is 0 Å². The molecular weight excluding hydrogens is 224 g/mol. The van der Waals surface area contributed by atoms with Crippen LogP contribution in [0.3, 0.4) is 0 Å². The van der Waals surface area contributed by atoms with Gasteiger partial charge >= 0.3 is 0 Å². The fourth-order valence-electron chi connectivity index (χ4n) is 1.69. The number of allylic oxidation sites excluding steroid dienone is 1. The van der Waals surface area contributed by atoms with Crippen LogP contribution in [0.1, 0.15) is 21.5 Å². The monoisotopic (exact) mass is 238 g/mol. The second kappa shape index (κ2) is 5.32. The molecule has 0 saturated carbocycles. The number of para-hydroxylation sites is 1. The third-order valence-electron chi connectivity index (χ3n) is 2.65. The molecule has 0 aliphatic heterocycles. The number of ketones is 1. The summed E-state index contributed by atoms with van der Waals surface area (Å²) in [6.07, 6.45) is 3.10. The summed E-state index contributed by atoms with van der Waals surface area (Å²) in [6, 6.07) is 14.3. The molecule has 0 atom stereocenters. The summed E-state index contributed by atoms with van der Waals surface area (Å²) < 4.78 is 0. The molecule has 0 bridgehead atoms. The lowest BCUT2D eigenvalue weighted by Crippen LogP contribution is -1.94. The van der Waals surface area contributed by atoms with Crippen molar-refractivity contribution >= 4 is 11.9 Å². The van der Waals surface area contributed by atoms with Crippen molar-refractivity contribution in [2.75, 3.05) is 0 Å². The SMILES string of the molecule is Cc1cccc(C(=O)/C=C/c2ccccc2O)c1. The number of carbonyl (C=O) groups excluding carboxylic acids is 1. The predicted octanol–water partition coefficient (Wildman–Crippen LogP) is 3.60. The molecule has 0 radical (unpaired) electrons. The number of phenolic OH excluding ortho intramolecular Hbond substituents is 1. The lowest BCUT2D eigenvalue weighted by molar-refractivity contribution is 0.104. The average Bonchev–Trinajstić information content (AvgIpc) is 2.37. The maximum atomic E-state index is 11.9. The molecule has 0 fully saturated rings. The van der Waals surface area contributed by atoms with E-state index in [-0.39, 0.29) is 11.5 Å². The van der Waals surface area contributed by atoms with Crippen molar-refractivity contribution in [3.8, 4) is 5.75 Å². The second-order valence-electron chi connectivity index (χ2n) is 4.13. The Bertz CT molecular complexity index is 598. The minimum absolute atomic E-state index is 0.0676. The van der Waals surface area contributed by atoms with Crippen molar-refractivity contribution in [2.24, 2.45) is 0 Å². The van der Waals surface area contributed by atoms with Gasteiger partial charge in [-0.15, -0.1) is 0 Å². The van der Waals surface area contributed by atoms with Crippen LogP contribution in [0.25, 0.3) is 6.08 Å². The van der Waals surface area contributed by atoms with Gasteiger partial charge in [-0.05, 0) is 31.2 Å². The van der Waals surface area contributed by atoms with Crippen LogP contribution in [0.15, 0.2) is 54.6 Å². The molecule has 2 aromatic rings. The zero-order valence-electron chi connectivity index (χ0n) is 10.1. The molecule has 0 aromatic heterocycles. The van der Waals surface area contributed by atoms with Crippen LogP contribution in [0, 0.1) is 6.92 Å². The number of rotatable bonds is 3. The topological polar surface area (TPSA) is 37.3 Å². The molecule has 0 saturated heterocycles. The molecule has 1 N–H and O–H groups in total. The Balaban J connectivity index is 2.20. The minimum Gasteiger partial charge on any atom is -0.507 e. The van der Waals surface area contributed by atoms with Gasteiger partial charge < -0.3 is 5.11 Å². The number of carbonyl (C=O) groups is 1. The van der Waals surface area contributed by atoms with E-state index < -0.39 is 0 Å². The molecule has 0 amide bonds. The maximum Gasteiger partial charge on any atom is 0.185 e. The highest BCUT2D eigenvalue weighted by atomic mass is 16.3. The van der Waals surface area contributed by atoms with E-state index >= 15 is 0 Å². The Morgan fingerprint density at radius 1 is 1.11 bits per heavy atom. The third kappa shape index (κ3) is 2.86. The second-order valence-corrected chi connectivity index (χ2v) is 4.13. The van der Waals surface area contributed by atoms with Crippen LogP contribution in [-0.2, 0) is 0 Å². The lowest BCUT2D eigenvalue weighted by atomic mass is 10.1. The zero-order chi connectivity index (χ0) is 13.0. The van der Waals surface area contributed by atoms with Gasteiger partial charge in [0.15, 0.2) is 5.78 Å². The standard InChI is InChI=1S/C16H14O2/c1-12-5-4-7-14(11-12)16(18)10-9-13-6-2-3-8-15(13)17/h2-11,17H,1H3/b10-9+. The van der Waals surface area contributed by atoms with E-state index in [9.17, 15) is 9.90 Å². The number of phenols is 1. The van der Waals surface area contributed by atoms with Crippen LogP contribution in [0.5, 0.6) is 5.75 Å². The molecule has 2 nitrogen and oxygen atoms in total. The highest BCUT2D eigenvalue weighted by molar-refractivity contribution is 6.07. The first-order valence-corrected chi connectivity index (χ1v) is 5.74. The van der Waals surface area contributed by atoms with Gasteiger partial charge in [0.1, 0.15) is 5.75 Å². The molecule has 0 heterocycles. The first kappa shape index (κ1) is 12.1. The van der Waals surface area contributed by atoms with Gasteiger partial charge in [0.25, 0.3) is 0 Å². The number of benzene rings is 2. The first-order chi connectivity index (χ1) is 8.66. The molecule has 0 aliphatic rings. The molecule has 2 rings (SSSR count). The molecule has 2 aromatic carbocycles. The van der Waals surface area contributed by atoms with Crippen molar-refractivity contribution < 1.29 is 9.90 Å². The lowest BCUT2D eigenvalue weighted by Gasteiger charge is -1.99. The van der Waals surface area contributed by atoms with Crippen LogP contribution in [-0.4, -0.2) is 10.9 Å². The van der Waals surface area contributed by atoms with Gasteiger partial charge in [-0.25, -0.2) is 0 Å². The van der Waals surface area contributed by atoms with Gasteiger partial charge in [0, 0.05) is 11.1 Å². The van der Waals surface area contributed by atoms with E-state index in [0.29, 0.717) is 11.1 Å². The minimum atomic E-state index is -0.0676. The van der Waals surface area contributed by atoms with Crippen LogP contribution < -0.4 is 0 Å². The Morgan fingerprint density at radius 2 is 1.89 bits per heavy atom. The van der Waals surface area contributed by atoms with E-state index in [1.807, 2.05) is 31.2 Å². The summed E-state index contributed by atoms with van der Waals surface area (Å²) in [5.41, 5.74) is 2.34. The molecule has 0 unspecified atom stereocenters. The number of aryl methyl sites for hydroxylation is 1. The average molecular weight is 238 g/mol. The van der Waals surface area contributed by atoms with E-state index in [2.05, 4.69) is 0 Å². The molecule has 2 heteroatoms. The Labute approximate surface area is 106 Å². The van der Waals surface area contributed by atoms with Gasteiger partial charge in [-0.1, -0.05) is 42.0 Å². The molecule has 18 heavy (non-hydrogen) atoms. The fraction of sp³-hybridized carbons (Fsp3) is 0.0625. The quantitative estimate of drug-likeness (QED) is 0.655. The largest absolute Gasteiger partial charge is 0.507 e. The van der Waals surface area contributed by atoms with Crippen molar-refractivity contribution in [2.45, 2.75) is 6.92 Å².